The molecule has 3 atom stereocenters. The van der Waals surface area contributed by atoms with E-state index in [4.69, 9.17) is 5.73 Å². The first-order chi connectivity index (χ1) is 8.08. The van der Waals surface area contributed by atoms with E-state index in [9.17, 15) is 4.39 Å². The van der Waals surface area contributed by atoms with E-state index in [0.29, 0.717) is 12.0 Å². The molecule has 0 aromatic heterocycles. The molecular weight excluding hydrogens is 215 g/mol. The van der Waals surface area contributed by atoms with Gasteiger partial charge in [-0.2, -0.15) is 0 Å². The van der Waals surface area contributed by atoms with Crippen LogP contribution in [0.4, 0.5) is 4.39 Å². The maximum Gasteiger partial charge on any atom is 0.126 e. The summed E-state index contributed by atoms with van der Waals surface area (Å²) in [4.78, 5) is 2.36. The lowest BCUT2D eigenvalue weighted by Crippen LogP contribution is -2.35. The van der Waals surface area contributed by atoms with Crippen LogP contribution >= 0.6 is 0 Å². The van der Waals surface area contributed by atoms with Gasteiger partial charge >= 0.3 is 0 Å². The van der Waals surface area contributed by atoms with Gasteiger partial charge in [-0.25, -0.2) is 4.39 Å². The number of nitrogens with two attached hydrogens (primary N) is 1. The lowest BCUT2D eigenvalue weighted by atomic mass is 10.1. The summed E-state index contributed by atoms with van der Waals surface area (Å²) in [6, 6.07) is 7.63. The minimum absolute atomic E-state index is 0.101. The van der Waals surface area contributed by atoms with Crippen LogP contribution in [-0.2, 0) is 6.42 Å². The van der Waals surface area contributed by atoms with Gasteiger partial charge in [0.2, 0.25) is 0 Å². The van der Waals surface area contributed by atoms with Gasteiger partial charge in [0, 0.05) is 25.2 Å². The van der Waals surface area contributed by atoms with Crippen LogP contribution in [0.25, 0.3) is 0 Å². The molecule has 17 heavy (non-hydrogen) atoms. The first kappa shape index (κ1) is 12.5. The number of hydrogen-bond donors (Lipinski definition) is 1. The Balaban J connectivity index is 1.98. The van der Waals surface area contributed by atoms with Crippen LogP contribution in [0.3, 0.4) is 0 Å². The van der Waals surface area contributed by atoms with Crippen LogP contribution < -0.4 is 5.73 Å². The summed E-state index contributed by atoms with van der Waals surface area (Å²) in [7, 11) is 0. The highest BCUT2D eigenvalue weighted by atomic mass is 19.1. The molecule has 2 nitrogen and oxygen atoms in total. The Labute approximate surface area is 103 Å². The van der Waals surface area contributed by atoms with Crippen molar-refractivity contribution < 1.29 is 4.39 Å². The van der Waals surface area contributed by atoms with Crippen LogP contribution in [-0.4, -0.2) is 30.1 Å². The van der Waals surface area contributed by atoms with Gasteiger partial charge in [-0.05, 0) is 30.9 Å². The van der Waals surface area contributed by atoms with Crippen LogP contribution in [0.15, 0.2) is 24.3 Å². The highest BCUT2D eigenvalue weighted by Crippen LogP contribution is 2.20. The Morgan fingerprint density at radius 2 is 2.12 bits per heavy atom. The Kier molecular flexibility index (Phi) is 3.79. The highest BCUT2D eigenvalue weighted by Gasteiger charge is 2.29. The predicted octanol–water partition coefficient (Wildman–Crippen LogP) is 2.04. The standard InChI is InChI=1S/C14H21FN2/c1-10-8-17(9-14(10)16)11(2)7-12-5-3-4-6-13(12)15/h3-6,10-11,14H,7-9,16H2,1-2H3. The molecule has 0 radical (unpaired) electrons. The largest absolute Gasteiger partial charge is 0.326 e. The molecule has 1 fully saturated rings. The van der Waals surface area contributed by atoms with Crippen molar-refractivity contribution >= 4 is 0 Å². The Morgan fingerprint density at radius 1 is 1.41 bits per heavy atom. The molecular formula is C14H21FN2. The third-order valence-electron chi connectivity index (χ3n) is 3.80. The van der Waals surface area contributed by atoms with Gasteiger partial charge in [-0.1, -0.05) is 25.1 Å². The zero-order chi connectivity index (χ0) is 12.4. The number of halogens is 1. The summed E-state index contributed by atoms with van der Waals surface area (Å²) in [5.41, 5.74) is 6.81. The average molecular weight is 236 g/mol. The van der Waals surface area contributed by atoms with E-state index in [0.717, 1.165) is 25.1 Å². The number of likely N-dealkylation sites (tertiary alicyclic amines) is 1. The number of hydrogen-bond acceptors (Lipinski definition) is 2. The average Bonchev–Trinajstić information content (AvgIpc) is 2.63. The molecule has 1 aliphatic heterocycles. The van der Waals surface area contributed by atoms with Gasteiger partial charge in [0.15, 0.2) is 0 Å². The molecule has 3 unspecified atom stereocenters. The molecule has 1 aromatic rings. The minimum atomic E-state index is -0.101. The van der Waals surface area contributed by atoms with Crippen molar-refractivity contribution in [2.24, 2.45) is 11.7 Å². The molecule has 1 aliphatic rings. The molecule has 0 amide bonds. The number of benzene rings is 1. The summed E-state index contributed by atoms with van der Waals surface area (Å²) < 4.78 is 13.5. The van der Waals surface area contributed by atoms with Crippen molar-refractivity contribution in [3.05, 3.63) is 35.6 Å². The topological polar surface area (TPSA) is 29.3 Å². The lowest BCUT2D eigenvalue weighted by Gasteiger charge is -2.24. The number of nitrogens with zero attached hydrogens (tertiary/aromatic N) is 1. The van der Waals surface area contributed by atoms with E-state index < -0.39 is 0 Å². The summed E-state index contributed by atoms with van der Waals surface area (Å²) in [6.45, 7) is 6.28. The van der Waals surface area contributed by atoms with Gasteiger partial charge < -0.3 is 5.73 Å². The van der Waals surface area contributed by atoms with Crippen molar-refractivity contribution in [3.8, 4) is 0 Å². The quantitative estimate of drug-likeness (QED) is 0.870. The Morgan fingerprint density at radius 3 is 2.71 bits per heavy atom. The van der Waals surface area contributed by atoms with Crippen LogP contribution in [0, 0.1) is 11.7 Å². The van der Waals surface area contributed by atoms with Crippen LogP contribution in [0.1, 0.15) is 19.4 Å². The fraction of sp³-hybridized carbons (Fsp3) is 0.571. The Hall–Kier alpha value is -0.930. The molecule has 2 N–H and O–H groups in total. The maximum atomic E-state index is 13.5. The summed E-state index contributed by atoms with van der Waals surface area (Å²) >= 11 is 0. The summed E-state index contributed by atoms with van der Waals surface area (Å²) in [5.74, 6) is 0.439. The second-order valence-corrected chi connectivity index (χ2v) is 5.24. The van der Waals surface area contributed by atoms with E-state index in [1.54, 1.807) is 6.07 Å². The minimum Gasteiger partial charge on any atom is -0.326 e. The van der Waals surface area contributed by atoms with E-state index in [1.165, 1.54) is 6.07 Å². The Bertz CT molecular complexity index is 370. The normalized spacial score (nSPS) is 27.3. The number of rotatable bonds is 3. The van der Waals surface area contributed by atoms with Gasteiger partial charge in [0.1, 0.15) is 5.82 Å². The lowest BCUT2D eigenvalue weighted by molar-refractivity contribution is 0.247. The van der Waals surface area contributed by atoms with Gasteiger partial charge in [0.25, 0.3) is 0 Å². The molecule has 1 saturated heterocycles. The predicted molar refractivity (Wildman–Crippen MR) is 68.3 cm³/mol. The highest BCUT2D eigenvalue weighted by molar-refractivity contribution is 5.18. The fourth-order valence-corrected chi connectivity index (χ4v) is 2.50. The molecule has 0 spiro atoms. The van der Waals surface area contributed by atoms with E-state index in [1.807, 2.05) is 12.1 Å². The third-order valence-corrected chi connectivity index (χ3v) is 3.80. The van der Waals surface area contributed by atoms with Crippen molar-refractivity contribution in [2.75, 3.05) is 13.1 Å². The van der Waals surface area contributed by atoms with Crippen LogP contribution in [0.5, 0.6) is 0 Å². The second kappa shape index (κ2) is 5.15. The zero-order valence-electron chi connectivity index (χ0n) is 10.6. The van der Waals surface area contributed by atoms with Crippen molar-refractivity contribution in [1.82, 2.24) is 4.90 Å². The SMILES string of the molecule is CC1CN(C(C)Cc2ccccc2F)CC1N. The molecule has 2 rings (SSSR count). The molecule has 94 valence electrons. The first-order valence-electron chi connectivity index (χ1n) is 6.31. The molecule has 0 bridgehead atoms. The summed E-state index contributed by atoms with van der Waals surface area (Å²) in [6.07, 6.45) is 0.756. The zero-order valence-corrected chi connectivity index (χ0v) is 10.6. The molecule has 1 aromatic carbocycles. The molecule has 3 heteroatoms. The van der Waals surface area contributed by atoms with E-state index in [-0.39, 0.29) is 11.9 Å². The second-order valence-electron chi connectivity index (χ2n) is 5.24. The van der Waals surface area contributed by atoms with Gasteiger partial charge in [-0.15, -0.1) is 0 Å². The smallest absolute Gasteiger partial charge is 0.126 e. The summed E-state index contributed by atoms with van der Waals surface area (Å²) in [5, 5.41) is 0. The third kappa shape index (κ3) is 2.85. The monoisotopic (exact) mass is 236 g/mol. The first-order valence-corrected chi connectivity index (χ1v) is 6.31. The van der Waals surface area contributed by atoms with Crippen LogP contribution in [0.2, 0.25) is 0 Å². The maximum absolute atomic E-state index is 13.5. The van der Waals surface area contributed by atoms with Gasteiger partial charge in [0.05, 0.1) is 0 Å². The van der Waals surface area contributed by atoms with E-state index >= 15 is 0 Å². The molecule has 0 saturated carbocycles. The fourth-order valence-electron chi connectivity index (χ4n) is 2.50. The van der Waals surface area contributed by atoms with Crippen molar-refractivity contribution in [3.63, 3.8) is 0 Å². The molecule has 1 heterocycles. The van der Waals surface area contributed by atoms with Crippen molar-refractivity contribution in [2.45, 2.75) is 32.4 Å². The molecule has 0 aliphatic carbocycles. The van der Waals surface area contributed by atoms with Gasteiger partial charge in [-0.3, -0.25) is 4.90 Å². The van der Waals surface area contributed by atoms with E-state index in [2.05, 4.69) is 18.7 Å². The van der Waals surface area contributed by atoms with Crippen molar-refractivity contribution in [1.29, 1.82) is 0 Å².